The molecule has 1 atom stereocenters. The van der Waals surface area contributed by atoms with Crippen LogP contribution in [0.3, 0.4) is 0 Å². The number of nitrogens with one attached hydrogen (secondary N) is 1. The van der Waals surface area contributed by atoms with Gasteiger partial charge in [-0.25, -0.2) is 9.37 Å². The van der Waals surface area contributed by atoms with E-state index >= 15 is 0 Å². The maximum atomic E-state index is 14.5. The van der Waals surface area contributed by atoms with Crippen molar-refractivity contribution in [3.63, 3.8) is 0 Å². The summed E-state index contributed by atoms with van der Waals surface area (Å²) in [5.41, 5.74) is 5.02. The van der Waals surface area contributed by atoms with Gasteiger partial charge in [0.1, 0.15) is 11.5 Å². The van der Waals surface area contributed by atoms with Crippen LogP contribution in [0.2, 0.25) is 0 Å². The SMILES string of the molecule is CNC(=O)c1ccc(-c2nc3cc(C)c(F)cn3c2C[C@H]2CN(C(C)=O)CCO2)c(C)c1. The van der Waals surface area contributed by atoms with Gasteiger partial charge >= 0.3 is 0 Å². The summed E-state index contributed by atoms with van der Waals surface area (Å²) in [6.07, 6.45) is 1.71. The first kappa shape index (κ1) is 22.0. The minimum Gasteiger partial charge on any atom is -0.374 e. The molecule has 0 spiro atoms. The number of rotatable bonds is 4. The van der Waals surface area contributed by atoms with Crippen molar-refractivity contribution in [2.45, 2.75) is 33.3 Å². The first-order valence-electron chi connectivity index (χ1n) is 10.7. The summed E-state index contributed by atoms with van der Waals surface area (Å²) in [6, 6.07) is 7.18. The molecule has 1 fully saturated rings. The second-order valence-electron chi connectivity index (χ2n) is 8.21. The lowest BCUT2D eigenvalue weighted by Gasteiger charge is -2.32. The molecular formula is C24H27FN4O3. The van der Waals surface area contributed by atoms with E-state index in [4.69, 9.17) is 9.72 Å². The largest absolute Gasteiger partial charge is 0.374 e. The first-order valence-corrected chi connectivity index (χ1v) is 10.7. The molecule has 0 bridgehead atoms. The zero-order valence-electron chi connectivity index (χ0n) is 18.7. The van der Waals surface area contributed by atoms with E-state index in [1.54, 1.807) is 42.3 Å². The second-order valence-corrected chi connectivity index (χ2v) is 8.21. The van der Waals surface area contributed by atoms with Crippen LogP contribution in [0.4, 0.5) is 4.39 Å². The van der Waals surface area contributed by atoms with Crippen molar-refractivity contribution in [2.75, 3.05) is 26.7 Å². The van der Waals surface area contributed by atoms with Crippen molar-refractivity contribution >= 4 is 17.5 Å². The standard InChI is InChI=1S/C24H27FN4O3/c1-14-9-17(24(31)26-4)5-6-19(14)23-21(11-18-12-28(16(3)30)7-8-32-18)29-13-20(25)15(2)10-22(29)27-23/h5-6,9-10,13,18H,7-8,11-12H2,1-4H3,(H,26,31)/t18-/m0/s1. The van der Waals surface area contributed by atoms with Crippen LogP contribution in [0.5, 0.6) is 0 Å². The summed E-state index contributed by atoms with van der Waals surface area (Å²) in [7, 11) is 1.59. The molecule has 8 heteroatoms. The van der Waals surface area contributed by atoms with Crippen molar-refractivity contribution in [1.82, 2.24) is 19.6 Å². The number of pyridine rings is 1. The van der Waals surface area contributed by atoms with Crippen LogP contribution >= 0.6 is 0 Å². The molecule has 2 aromatic heterocycles. The van der Waals surface area contributed by atoms with E-state index < -0.39 is 0 Å². The van der Waals surface area contributed by atoms with Gasteiger partial charge in [-0.15, -0.1) is 0 Å². The molecular weight excluding hydrogens is 411 g/mol. The van der Waals surface area contributed by atoms with E-state index in [0.717, 1.165) is 22.5 Å². The number of imidazole rings is 1. The van der Waals surface area contributed by atoms with Gasteiger partial charge in [-0.1, -0.05) is 6.07 Å². The molecule has 3 heterocycles. The number of benzene rings is 1. The number of halogens is 1. The highest BCUT2D eigenvalue weighted by molar-refractivity contribution is 5.95. The van der Waals surface area contributed by atoms with Crippen molar-refractivity contribution in [3.8, 4) is 11.3 Å². The minimum atomic E-state index is -0.315. The predicted octanol–water partition coefficient (Wildman–Crippen LogP) is 2.91. The normalized spacial score (nSPS) is 16.4. The summed E-state index contributed by atoms with van der Waals surface area (Å²) in [5.74, 6) is -0.462. The topological polar surface area (TPSA) is 75.9 Å². The molecule has 1 aliphatic rings. The van der Waals surface area contributed by atoms with Gasteiger partial charge in [0.05, 0.1) is 24.1 Å². The Balaban J connectivity index is 1.80. The summed E-state index contributed by atoms with van der Waals surface area (Å²) < 4.78 is 22.2. The maximum Gasteiger partial charge on any atom is 0.251 e. The van der Waals surface area contributed by atoms with Crippen molar-refractivity contribution in [1.29, 1.82) is 0 Å². The molecule has 1 aromatic carbocycles. The summed E-state index contributed by atoms with van der Waals surface area (Å²) in [4.78, 5) is 30.5. The molecule has 7 nitrogen and oxygen atoms in total. The number of fused-ring (bicyclic) bond motifs is 1. The van der Waals surface area contributed by atoms with Crippen LogP contribution in [0.15, 0.2) is 30.5 Å². The average Bonchev–Trinajstić information content (AvgIpc) is 3.10. The van der Waals surface area contributed by atoms with Crippen LogP contribution in [0.1, 0.15) is 34.1 Å². The van der Waals surface area contributed by atoms with Crippen LogP contribution in [0, 0.1) is 19.7 Å². The zero-order valence-corrected chi connectivity index (χ0v) is 18.7. The number of hydrogen-bond donors (Lipinski definition) is 1. The average molecular weight is 439 g/mol. The van der Waals surface area contributed by atoms with Crippen molar-refractivity contribution < 1.29 is 18.7 Å². The monoisotopic (exact) mass is 438 g/mol. The molecule has 1 aliphatic heterocycles. The number of hydrogen-bond acceptors (Lipinski definition) is 4. The Morgan fingerprint density at radius 3 is 2.72 bits per heavy atom. The highest BCUT2D eigenvalue weighted by Crippen LogP contribution is 2.30. The van der Waals surface area contributed by atoms with E-state index in [-0.39, 0.29) is 23.7 Å². The third-order valence-corrected chi connectivity index (χ3v) is 5.98. The van der Waals surface area contributed by atoms with Gasteiger partial charge in [-0.3, -0.25) is 9.59 Å². The Labute approximate surface area is 186 Å². The number of morpholine rings is 1. The lowest BCUT2D eigenvalue weighted by atomic mass is 9.99. The fraction of sp³-hybridized carbons (Fsp3) is 0.375. The fourth-order valence-electron chi connectivity index (χ4n) is 4.18. The first-order chi connectivity index (χ1) is 15.3. The maximum absolute atomic E-state index is 14.5. The van der Waals surface area contributed by atoms with E-state index in [1.807, 2.05) is 19.1 Å². The molecule has 0 unspecified atom stereocenters. The van der Waals surface area contributed by atoms with Gasteiger partial charge in [0.15, 0.2) is 0 Å². The van der Waals surface area contributed by atoms with Gasteiger partial charge in [0.2, 0.25) is 5.91 Å². The molecule has 32 heavy (non-hydrogen) atoms. The van der Waals surface area contributed by atoms with E-state index in [9.17, 15) is 14.0 Å². The smallest absolute Gasteiger partial charge is 0.251 e. The highest BCUT2D eigenvalue weighted by atomic mass is 19.1. The van der Waals surface area contributed by atoms with Gasteiger partial charge < -0.3 is 19.4 Å². The zero-order chi connectivity index (χ0) is 23.0. The molecule has 2 amide bonds. The van der Waals surface area contributed by atoms with Gasteiger partial charge in [-0.2, -0.15) is 0 Å². The lowest BCUT2D eigenvalue weighted by molar-refractivity contribution is -0.136. The second kappa shape index (κ2) is 8.70. The van der Waals surface area contributed by atoms with Crippen LogP contribution in [0.25, 0.3) is 16.9 Å². The molecule has 4 rings (SSSR count). The van der Waals surface area contributed by atoms with Gasteiger partial charge in [0.25, 0.3) is 5.91 Å². The number of carbonyl (C=O) groups is 2. The molecule has 0 aliphatic carbocycles. The quantitative estimate of drug-likeness (QED) is 0.680. The van der Waals surface area contributed by atoms with Gasteiger partial charge in [0, 0.05) is 50.8 Å². The lowest BCUT2D eigenvalue weighted by Crippen LogP contribution is -2.45. The van der Waals surface area contributed by atoms with Crippen LogP contribution < -0.4 is 5.32 Å². The van der Waals surface area contributed by atoms with Gasteiger partial charge in [-0.05, 0) is 43.2 Å². The summed E-state index contributed by atoms with van der Waals surface area (Å²) in [5, 5.41) is 2.63. The van der Waals surface area contributed by atoms with E-state index in [0.29, 0.717) is 42.9 Å². The number of amides is 2. The van der Waals surface area contributed by atoms with Crippen molar-refractivity contribution in [2.24, 2.45) is 0 Å². The summed E-state index contributed by atoms with van der Waals surface area (Å²) in [6.45, 7) is 6.70. The number of nitrogens with zero attached hydrogens (tertiary/aromatic N) is 3. The number of aromatic nitrogens is 2. The van der Waals surface area contributed by atoms with Crippen molar-refractivity contribution in [3.05, 3.63) is 58.7 Å². The van der Waals surface area contributed by atoms with Crippen LogP contribution in [-0.2, 0) is 16.0 Å². The number of ether oxygens (including phenoxy) is 1. The minimum absolute atomic E-state index is 0.0129. The Kier molecular flexibility index (Phi) is 5.97. The molecule has 0 radical (unpaired) electrons. The number of aryl methyl sites for hydroxylation is 2. The molecule has 1 N–H and O–H groups in total. The molecule has 0 saturated carbocycles. The molecule has 1 saturated heterocycles. The fourth-order valence-corrected chi connectivity index (χ4v) is 4.18. The third-order valence-electron chi connectivity index (χ3n) is 5.98. The van der Waals surface area contributed by atoms with E-state index in [1.165, 1.54) is 6.20 Å². The predicted molar refractivity (Wildman–Crippen MR) is 119 cm³/mol. The van der Waals surface area contributed by atoms with Crippen LogP contribution in [-0.4, -0.2) is 58.9 Å². The Bertz CT molecular complexity index is 1200. The molecule has 3 aromatic rings. The Morgan fingerprint density at radius 1 is 1.25 bits per heavy atom. The third kappa shape index (κ3) is 4.10. The highest BCUT2D eigenvalue weighted by Gasteiger charge is 2.26. The summed E-state index contributed by atoms with van der Waals surface area (Å²) >= 11 is 0. The molecule has 168 valence electrons. The Hall–Kier alpha value is -3.26. The number of carbonyl (C=O) groups excluding carboxylic acids is 2. The van der Waals surface area contributed by atoms with E-state index in [2.05, 4.69) is 5.32 Å². The Morgan fingerprint density at radius 2 is 2.03 bits per heavy atom.